The van der Waals surface area contributed by atoms with Gasteiger partial charge in [-0.25, -0.2) is 0 Å². The summed E-state index contributed by atoms with van der Waals surface area (Å²) in [7, 11) is 3.04. The van der Waals surface area contributed by atoms with Crippen molar-refractivity contribution in [1.82, 2.24) is 0 Å². The summed E-state index contributed by atoms with van der Waals surface area (Å²) in [6, 6.07) is 5.63. The fourth-order valence-corrected chi connectivity index (χ4v) is 6.30. The number of alkyl halides is 1. The van der Waals surface area contributed by atoms with E-state index in [1.807, 2.05) is 25.1 Å². The maximum atomic E-state index is 13.0. The van der Waals surface area contributed by atoms with Gasteiger partial charge in [0.2, 0.25) is 0 Å². The van der Waals surface area contributed by atoms with Crippen LogP contribution in [0.25, 0.3) is 0 Å². The van der Waals surface area contributed by atoms with Crippen LogP contribution in [0.3, 0.4) is 0 Å². The van der Waals surface area contributed by atoms with Crippen LogP contribution in [-0.2, 0) is 14.9 Å². The molecule has 1 aromatic rings. The van der Waals surface area contributed by atoms with Gasteiger partial charge in [0, 0.05) is 11.5 Å². The Hall–Kier alpha value is -1.36. The second kappa shape index (κ2) is 5.87. The molecule has 2 aliphatic carbocycles. The van der Waals surface area contributed by atoms with Gasteiger partial charge in [-0.05, 0) is 48.9 Å². The predicted octanol–water partition coefficient (Wildman–Crippen LogP) is 3.89. The van der Waals surface area contributed by atoms with Crippen LogP contribution in [0, 0.1) is 11.3 Å². The highest BCUT2D eigenvalue weighted by Gasteiger charge is 2.60. The lowest BCUT2D eigenvalue weighted by atomic mass is 9.49. The Kier molecular flexibility index (Phi) is 4.27. The fraction of sp³-hybridized carbons (Fsp3) is 0.579. The molecule has 1 saturated carbocycles. The number of ether oxygens (including phenoxy) is 2. The average Bonchev–Trinajstić information content (AvgIpc) is 2.58. The zero-order chi connectivity index (χ0) is 17.7. The third-order valence-corrected chi connectivity index (χ3v) is 7.01. The molecular formula is C19H23BrO4. The van der Waals surface area contributed by atoms with Gasteiger partial charge in [0.05, 0.1) is 24.5 Å². The van der Waals surface area contributed by atoms with Crippen LogP contribution in [-0.4, -0.2) is 30.8 Å². The third-order valence-electron chi connectivity index (χ3n) is 6.07. The summed E-state index contributed by atoms with van der Waals surface area (Å²) in [5.74, 6) is 0.382. The van der Waals surface area contributed by atoms with Crippen LogP contribution in [0.4, 0.5) is 0 Å². The van der Waals surface area contributed by atoms with Crippen LogP contribution < -0.4 is 4.74 Å². The number of hydrogen-bond acceptors (Lipinski definition) is 4. The van der Waals surface area contributed by atoms with Gasteiger partial charge < -0.3 is 9.47 Å². The molecule has 0 aliphatic heterocycles. The van der Waals surface area contributed by atoms with Crippen LogP contribution in [0.15, 0.2) is 18.2 Å². The normalized spacial score (nSPS) is 35.0. The van der Waals surface area contributed by atoms with Crippen LogP contribution in [0.1, 0.15) is 49.0 Å². The molecule has 0 heterocycles. The van der Waals surface area contributed by atoms with Crippen molar-refractivity contribution in [3.05, 3.63) is 29.3 Å². The number of methoxy groups -OCH3 is 2. The second-order valence-electron chi connectivity index (χ2n) is 7.34. The quantitative estimate of drug-likeness (QED) is 0.563. The van der Waals surface area contributed by atoms with E-state index in [1.54, 1.807) is 7.11 Å². The molecule has 0 unspecified atom stereocenters. The molecule has 0 amide bonds. The third kappa shape index (κ3) is 2.24. The van der Waals surface area contributed by atoms with Crippen molar-refractivity contribution >= 4 is 27.7 Å². The molecule has 4 atom stereocenters. The molecule has 1 aromatic carbocycles. The molecule has 0 N–H and O–H groups in total. The first kappa shape index (κ1) is 17.5. The van der Waals surface area contributed by atoms with E-state index in [4.69, 9.17) is 9.47 Å². The van der Waals surface area contributed by atoms with Crippen molar-refractivity contribution in [3.63, 3.8) is 0 Å². The summed E-state index contributed by atoms with van der Waals surface area (Å²) in [5, 5.41) is 0. The topological polar surface area (TPSA) is 52.6 Å². The van der Waals surface area contributed by atoms with E-state index < -0.39 is 10.2 Å². The highest BCUT2D eigenvalue weighted by atomic mass is 79.9. The Bertz CT molecular complexity index is 701. The summed E-state index contributed by atoms with van der Waals surface area (Å²) in [6.07, 6.45) is 2.58. The van der Waals surface area contributed by atoms with E-state index >= 15 is 0 Å². The van der Waals surface area contributed by atoms with Crippen LogP contribution in [0.5, 0.6) is 5.75 Å². The van der Waals surface area contributed by atoms with Crippen molar-refractivity contribution in [2.24, 2.45) is 11.3 Å². The Balaban J connectivity index is 2.23. The number of carbonyl (C=O) groups is 2. The summed E-state index contributed by atoms with van der Waals surface area (Å²) in [6.45, 7) is 4.10. The second-order valence-corrected chi connectivity index (χ2v) is 8.32. The molecule has 4 nitrogen and oxygen atoms in total. The zero-order valence-corrected chi connectivity index (χ0v) is 16.1. The molecule has 2 aliphatic rings. The molecule has 0 radical (unpaired) electrons. The van der Waals surface area contributed by atoms with Crippen LogP contribution in [0.2, 0.25) is 0 Å². The van der Waals surface area contributed by atoms with E-state index in [0.29, 0.717) is 0 Å². The monoisotopic (exact) mass is 394 g/mol. The SMILES string of the molecule is COC(=O)[C@@]1(C)CCC[C@@]2(C)c3cc(OC)ccc3C(=O)[C@@H](Br)[C@H]21. The molecule has 5 heteroatoms. The standard InChI is InChI=1S/C19H23BrO4/c1-18-8-5-9-19(2,17(22)24-4)16(18)14(20)15(21)12-7-6-11(23-3)10-13(12)18/h6-7,10,14,16H,5,8-9H2,1-4H3/t14-,16-,18+,19+/m1/s1. The minimum Gasteiger partial charge on any atom is -0.497 e. The van der Waals surface area contributed by atoms with Gasteiger partial charge in [-0.15, -0.1) is 0 Å². The molecule has 130 valence electrons. The minimum atomic E-state index is -0.688. The molecule has 3 rings (SSSR count). The van der Waals surface area contributed by atoms with Gasteiger partial charge in [0.15, 0.2) is 5.78 Å². The molecule has 0 bridgehead atoms. The summed E-state index contributed by atoms with van der Waals surface area (Å²) >= 11 is 3.62. The van der Waals surface area contributed by atoms with E-state index in [1.165, 1.54) is 7.11 Å². The lowest BCUT2D eigenvalue weighted by Crippen LogP contribution is -2.58. The molecule has 24 heavy (non-hydrogen) atoms. The van der Waals surface area contributed by atoms with E-state index in [2.05, 4.69) is 22.9 Å². The summed E-state index contributed by atoms with van der Waals surface area (Å²) in [4.78, 5) is 25.2. The zero-order valence-electron chi connectivity index (χ0n) is 14.5. The van der Waals surface area contributed by atoms with Gasteiger partial charge in [-0.1, -0.05) is 29.3 Å². The predicted molar refractivity (Wildman–Crippen MR) is 94.9 cm³/mol. The first-order chi connectivity index (χ1) is 11.3. The number of ketones is 1. The number of hydrogen-bond donors (Lipinski definition) is 0. The van der Waals surface area contributed by atoms with Gasteiger partial charge in [-0.3, -0.25) is 9.59 Å². The largest absolute Gasteiger partial charge is 0.497 e. The molecule has 0 spiro atoms. The Labute approximate surface area is 151 Å². The molecule has 0 saturated heterocycles. The highest BCUT2D eigenvalue weighted by Crippen LogP contribution is 2.59. The number of benzene rings is 1. The van der Waals surface area contributed by atoms with Gasteiger partial charge in [0.1, 0.15) is 5.75 Å². The van der Waals surface area contributed by atoms with Crippen molar-refractivity contribution < 1.29 is 19.1 Å². The Morgan fingerprint density at radius 1 is 1.25 bits per heavy atom. The van der Waals surface area contributed by atoms with E-state index in [0.717, 1.165) is 36.1 Å². The maximum absolute atomic E-state index is 13.0. The van der Waals surface area contributed by atoms with Crippen LogP contribution >= 0.6 is 15.9 Å². The molecule has 1 fully saturated rings. The molecule has 0 aromatic heterocycles. The number of carbonyl (C=O) groups excluding carboxylic acids is 2. The highest BCUT2D eigenvalue weighted by molar-refractivity contribution is 9.10. The first-order valence-corrected chi connectivity index (χ1v) is 9.16. The van der Waals surface area contributed by atoms with Crippen molar-refractivity contribution in [2.75, 3.05) is 14.2 Å². The van der Waals surface area contributed by atoms with Gasteiger partial charge in [0.25, 0.3) is 0 Å². The van der Waals surface area contributed by atoms with Gasteiger partial charge >= 0.3 is 5.97 Å². The lowest BCUT2D eigenvalue weighted by Gasteiger charge is -2.55. The number of rotatable bonds is 2. The minimum absolute atomic E-state index is 0.0344. The number of Topliss-reactive ketones (excluding diaryl/α,β-unsaturated/α-hetero) is 1. The first-order valence-electron chi connectivity index (χ1n) is 8.25. The molecular weight excluding hydrogens is 372 g/mol. The number of fused-ring (bicyclic) bond motifs is 3. The Morgan fingerprint density at radius 2 is 1.96 bits per heavy atom. The smallest absolute Gasteiger partial charge is 0.311 e. The summed E-state index contributed by atoms with van der Waals surface area (Å²) in [5.41, 5.74) is 0.743. The maximum Gasteiger partial charge on any atom is 0.311 e. The fourth-order valence-electron chi connectivity index (χ4n) is 4.88. The Morgan fingerprint density at radius 3 is 2.58 bits per heavy atom. The summed E-state index contributed by atoms with van der Waals surface area (Å²) < 4.78 is 10.5. The number of esters is 1. The average molecular weight is 395 g/mol. The lowest BCUT2D eigenvalue weighted by molar-refractivity contribution is -0.160. The van der Waals surface area contributed by atoms with E-state index in [9.17, 15) is 9.59 Å². The number of halogens is 1. The van der Waals surface area contributed by atoms with Crippen molar-refractivity contribution in [2.45, 2.75) is 43.4 Å². The van der Waals surface area contributed by atoms with E-state index in [-0.39, 0.29) is 23.1 Å². The van der Waals surface area contributed by atoms with Crippen molar-refractivity contribution in [1.29, 1.82) is 0 Å². The van der Waals surface area contributed by atoms with Crippen molar-refractivity contribution in [3.8, 4) is 5.75 Å². The van der Waals surface area contributed by atoms with Gasteiger partial charge in [-0.2, -0.15) is 0 Å².